The van der Waals surface area contributed by atoms with Crippen LogP contribution in [0.5, 0.6) is 5.75 Å². The van der Waals surface area contributed by atoms with E-state index in [1.165, 1.54) is 25.3 Å². The summed E-state index contributed by atoms with van der Waals surface area (Å²) < 4.78 is 34.3. The molecule has 2 rings (SSSR count). The van der Waals surface area contributed by atoms with Crippen LogP contribution in [0.3, 0.4) is 0 Å². The number of nitrogens with one attached hydrogen (secondary N) is 1. The van der Waals surface area contributed by atoms with Crippen molar-refractivity contribution in [3.05, 3.63) is 63.1 Å². The van der Waals surface area contributed by atoms with Crippen LogP contribution in [0, 0.1) is 18.6 Å². The maximum Gasteiger partial charge on any atom is 0.131 e. The van der Waals surface area contributed by atoms with E-state index in [0.717, 1.165) is 10.0 Å². The Hall–Kier alpha value is -1.46. The van der Waals surface area contributed by atoms with Crippen LogP contribution in [-0.4, -0.2) is 14.2 Å². The first-order chi connectivity index (χ1) is 9.99. The molecule has 112 valence electrons. The van der Waals surface area contributed by atoms with Crippen molar-refractivity contribution >= 4 is 15.9 Å². The number of hydrogen-bond acceptors (Lipinski definition) is 2. The summed E-state index contributed by atoms with van der Waals surface area (Å²) in [5.41, 5.74) is 1.63. The van der Waals surface area contributed by atoms with Gasteiger partial charge in [-0.1, -0.05) is 22.0 Å². The van der Waals surface area contributed by atoms with Crippen molar-refractivity contribution in [3.8, 4) is 5.75 Å². The molecule has 0 amide bonds. The molecule has 2 aromatic rings. The summed E-state index contributed by atoms with van der Waals surface area (Å²) in [7, 11) is 3.19. The molecule has 0 bridgehead atoms. The highest BCUT2D eigenvalue weighted by molar-refractivity contribution is 9.10. The van der Waals surface area contributed by atoms with Crippen LogP contribution in [-0.2, 0) is 0 Å². The minimum atomic E-state index is -0.641. The molecule has 0 saturated heterocycles. The van der Waals surface area contributed by atoms with Crippen molar-refractivity contribution in [3.63, 3.8) is 0 Å². The third-order valence-corrected chi connectivity index (χ3v) is 4.25. The van der Waals surface area contributed by atoms with E-state index in [1.807, 2.05) is 19.1 Å². The second kappa shape index (κ2) is 6.54. The number of methoxy groups -OCH3 is 1. The minimum absolute atomic E-state index is 0.0194. The van der Waals surface area contributed by atoms with Crippen LogP contribution in [0.4, 0.5) is 8.78 Å². The van der Waals surface area contributed by atoms with Gasteiger partial charge in [-0.15, -0.1) is 0 Å². The van der Waals surface area contributed by atoms with Crippen molar-refractivity contribution < 1.29 is 13.5 Å². The maximum absolute atomic E-state index is 14.1. The summed E-state index contributed by atoms with van der Waals surface area (Å²) in [6, 6.07) is 6.86. The topological polar surface area (TPSA) is 21.3 Å². The van der Waals surface area contributed by atoms with Gasteiger partial charge in [-0.05, 0) is 43.8 Å². The first kappa shape index (κ1) is 15.9. The van der Waals surface area contributed by atoms with Crippen molar-refractivity contribution in [2.75, 3.05) is 14.2 Å². The lowest BCUT2D eigenvalue weighted by molar-refractivity contribution is 0.403. The third-order valence-electron chi connectivity index (χ3n) is 3.40. The molecule has 2 nitrogen and oxygen atoms in total. The van der Waals surface area contributed by atoms with Gasteiger partial charge in [0.15, 0.2) is 0 Å². The Kier molecular flexibility index (Phi) is 4.96. The lowest BCUT2D eigenvalue weighted by Gasteiger charge is -2.22. The second-order valence-corrected chi connectivity index (χ2v) is 5.55. The number of rotatable bonds is 4. The van der Waals surface area contributed by atoms with Crippen LogP contribution >= 0.6 is 15.9 Å². The fourth-order valence-electron chi connectivity index (χ4n) is 2.31. The summed E-state index contributed by atoms with van der Waals surface area (Å²) in [5, 5.41) is 2.96. The lowest BCUT2D eigenvalue weighted by atomic mass is 9.96. The SMILES string of the molecule is CNC(c1cc(Br)c(C)cc1OC)c1c(F)cccc1F. The normalized spacial score (nSPS) is 12.3. The standard InChI is InChI=1S/C16H16BrF2NO/c1-9-7-14(21-3)10(8-11(9)17)16(20-2)15-12(18)5-4-6-13(15)19/h4-8,16,20H,1-3H3. The van der Waals surface area contributed by atoms with Gasteiger partial charge >= 0.3 is 0 Å². The summed E-state index contributed by atoms with van der Waals surface area (Å²) >= 11 is 3.45. The highest BCUT2D eigenvalue weighted by Crippen LogP contribution is 2.36. The summed E-state index contributed by atoms with van der Waals surface area (Å²) in [4.78, 5) is 0. The molecule has 2 aromatic carbocycles. The molecule has 0 aromatic heterocycles. The molecule has 21 heavy (non-hydrogen) atoms. The Bertz CT molecular complexity index is 641. The largest absolute Gasteiger partial charge is 0.496 e. The zero-order chi connectivity index (χ0) is 15.6. The molecule has 0 aliphatic carbocycles. The lowest BCUT2D eigenvalue weighted by Crippen LogP contribution is -2.21. The first-order valence-electron chi connectivity index (χ1n) is 6.44. The molecule has 5 heteroatoms. The zero-order valence-corrected chi connectivity index (χ0v) is 13.6. The number of hydrogen-bond donors (Lipinski definition) is 1. The fraction of sp³-hybridized carbons (Fsp3) is 0.250. The van der Waals surface area contributed by atoms with E-state index >= 15 is 0 Å². The second-order valence-electron chi connectivity index (χ2n) is 4.70. The first-order valence-corrected chi connectivity index (χ1v) is 7.24. The number of aryl methyl sites for hydroxylation is 1. The molecule has 0 radical (unpaired) electrons. The average Bonchev–Trinajstić information content (AvgIpc) is 2.46. The van der Waals surface area contributed by atoms with Crippen LogP contribution < -0.4 is 10.1 Å². The highest BCUT2D eigenvalue weighted by Gasteiger charge is 2.24. The number of ether oxygens (including phenoxy) is 1. The fourth-order valence-corrected chi connectivity index (χ4v) is 2.68. The van der Waals surface area contributed by atoms with Gasteiger partial charge < -0.3 is 10.1 Å². The third kappa shape index (κ3) is 3.09. The van der Waals surface area contributed by atoms with E-state index in [4.69, 9.17) is 4.74 Å². The van der Waals surface area contributed by atoms with E-state index < -0.39 is 17.7 Å². The molecule has 1 unspecified atom stereocenters. The maximum atomic E-state index is 14.1. The van der Waals surface area contributed by atoms with Crippen LogP contribution in [0.2, 0.25) is 0 Å². The number of halogens is 3. The molecule has 1 atom stereocenters. The van der Waals surface area contributed by atoms with E-state index in [9.17, 15) is 8.78 Å². The predicted molar refractivity (Wildman–Crippen MR) is 82.7 cm³/mol. The Morgan fingerprint density at radius 3 is 2.33 bits per heavy atom. The molecule has 1 N–H and O–H groups in total. The summed E-state index contributed by atoms with van der Waals surface area (Å²) in [6.07, 6.45) is 0. The molecule has 0 fully saturated rings. The Morgan fingerprint density at radius 2 is 1.81 bits per heavy atom. The van der Waals surface area contributed by atoms with Crippen molar-refractivity contribution in [2.24, 2.45) is 0 Å². The van der Waals surface area contributed by atoms with Gasteiger partial charge in [0.1, 0.15) is 17.4 Å². The minimum Gasteiger partial charge on any atom is -0.496 e. The van der Waals surface area contributed by atoms with Crippen molar-refractivity contribution in [2.45, 2.75) is 13.0 Å². The molecule has 0 spiro atoms. The monoisotopic (exact) mass is 355 g/mol. The highest BCUT2D eigenvalue weighted by atomic mass is 79.9. The van der Waals surface area contributed by atoms with Crippen LogP contribution in [0.15, 0.2) is 34.8 Å². The molecular formula is C16H16BrF2NO. The average molecular weight is 356 g/mol. The van der Waals surface area contributed by atoms with Crippen molar-refractivity contribution in [1.29, 1.82) is 0 Å². The van der Waals surface area contributed by atoms with Gasteiger partial charge in [0.2, 0.25) is 0 Å². The molecule has 0 heterocycles. The van der Waals surface area contributed by atoms with Gasteiger partial charge in [0.05, 0.1) is 13.2 Å². The van der Waals surface area contributed by atoms with E-state index in [0.29, 0.717) is 11.3 Å². The van der Waals surface area contributed by atoms with Gasteiger partial charge in [0.25, 0.3) is 0 Å². The van der Waals surface area contributed by atoms with Gasteiger partial charge in [0, 0.05) is 15.6 Å². The summed E-state index contributed by atoms with van der Waals surface area (Å²) in [5.74, 6) is -0.598. The van der Waals surface area contributed by atoms with E-state index in [1.54, 1.807) is 7.05 Å². The van der Waals surface area contributed by atoms with Crippen LogP contribution in [0.1, 0.15) is 22.7 Å². The Morgan fingerprint density at radius 1 is 1.19 bits per heavy atom. The Balaban J connectivity index is 2.64. The van der Waals surface area contributed by atoms with Gasteiger partial charge in [-0.3, -0.25) is 0 Å². The van der Waals surface area contributed by atoms with Crippen molar-refractivity contribution in [1.82, 2.24) is 5.32 Å². The smallest absolute Gasteiger partial charge is 0.131 e. The summed E-state index contributed by atoms with van der Waals surface area (Å²) in [6.45, 7) is 1.93. The number of benzene rings is 2. The van der Waals surface area contributed by atoms with Gasteiger partial charge in [-0.2, -0.15) is 0 Å². The van der Waals surface area contributed by atoms with Gasteiger partial charge in [-0.25, -0.2) is 8.78 Å². The van der Waals surface area contributed by atoms with Crippen LogP contribution in [0.25, 0.3) is 0 Å². The molecule has 0 aliphatic heterocycles. The molecular weight excluding hydrogens is 340 g/mol. The Labute approximate surface area is 131 Å². The molecule has 0 saturated carbocycles. The molecule has 0 aliphatic rings. The predicted octanol–water partition coefficient (Wildman–Crippen LogP) is 4.35. The van der Waals surface area contributed by atoms with E-state index in [2.05, 4.69) is 21.2 Å². The van der Waals surface area contributed by atoms with E-state index in [-0.39, 0.29) is 5.56 Å². The zero-order valence-electron chi connectivity index (χ0n) is 12.0. The quantitative estimate of drug-likeness (QED) is 0.879.